The molecule has 0 saturated heterocycles. The second-order valence-corrected chi connectivity index (χ2v) is 6.45. The SMILES string of the molecule is CCCCCCN(C)c1nc(C)nc(N(C)CCCCCC)n1. The molecule has 5 heteroatoms. The number of hydrogen-bond donors (Lipinski definition) is 0. The van der Waals surface area contributed by atoms with Crippen LogP contribution in [0.25, 0.3) is 0 Å². The summed E-state index contributed by atoms with van der Waals surface area (Å²) in [6.45, 7) is 8.43. The van der Waals surface area contributed by atoms with Crippen LogP contribution in [0.4, 0.5) is 11.9 Å². The smallest absolute Gasteiger partial charge is 0.230 e. The van der Waals surface area contributed by atoms with Crippen molar-refractivity contribution in [3.05, 3.63) is 5.82 Å². The predicted octanol–water partition coefficient (Wildman–Crippen LogP) is 4.21. The van der Waals surface area contributed by atoms with E-state index in [0.29, 0.717) is 0 Å². The lowest BCUT2D eigenvalue weighted by atomic mass is 10.2. The van der Waals surface area contributed by atoms with Gasteiger partial charge in [-0.2, -0.15) is 15.0 Å². The van der Waals surface area contributed by atoms with E-state index in [4.69, 9.17) is 0 Å². The highest BCUT2D eigenvalue weighted by molar-refractivity contribution is 5.37. The first kappa shape index (κ1) is 19.7. The van der Waals surface area contributed by atoms with Gasteiger partial charge in [-0.15, -0.1) is 0 Å². The number of aromatic nitrogens is 3. The molecule has 0 bridgehead atoms. The van der Waals surface area contributed by atoms with Crippen molar-refractivity contribution in [3.8, 4) is 0 Å². The summed E-state index contributed by atoms with van der Waals surface area (Å²) in [6.07, 6.45) is 10.1. The van der Waals surface area contributed by atoms with Crippen molar-refractivity contribution in [2.75, 3.05) is 37.0 Å². The fraction of sp³-hybridized carbons (Fsp3) is 0.833. The second-order valence-electron chi connectivity index (χ2n) is 6.45. The lowest BCUT2D eigenvalue weighted by Gasteiger charge is -2.21. The van der Waals surface area contributed by atoms with Gasteiger partial charge in [-0.25, -0.2) is 0 Å². The Labute approximate surface area is 142 Å². The van der Waals surface area contributed by atoms with Crippen LogP contribution >= 0.6 is 0 Å². The maximum absolute atomic E-state index is 4.66. The molecule has 1 aromatic heterocycles. The third kappa shape index (κ3) is 7.62. The minimum atomic E-state index is 0.796. The summed E-state index contributed by atoms with van der Waals surface area (Å²) in [6, 6.07) is 0. The van der Waals surface area contributed by atoms with Gasteiger partial charge in [-0.1, -0.05) is 52.4 Å². The van der Waals surface area contributed by atoms with E-state index in [2.05, 4.69) is 52.7 Å². The molecule has 23 heavy (non-hydrogen) atoms. The van der Waals surface area contributed by atoms with Gasteiger partial charge in [-0.3, -0.25) is 0 Å². The highest BCUT2D eigenvalue weighted by Gasteiger charge is 2.11. The normalized spacial score (nSPS) is 10.8. The Morgan fingerprint density at radius 2 is 1.09 bits per heavy atom. The largest absolute Gasteiger partial charge is 0.344 e. The maximum Gasteiger partial charge on any atom is 0.230 e. The van der Waals surface area contributed by atoms with Crippen LogP contribution < -0.4 is 9.80 Å². The zero-order valence-electron chi connectivity index (χ0n) is 15.8. The van der Waals surface area contributed by atoms with Crippen LogP contribution in [0.3, 0.4) is 0 Å². The van der Waals surface area contributed by atoms with Crippen LogP contribution in [0, 0.1) is 6.92 Å². The average molecular weight is 322 g/mol. The Kier molecular flexibility index (Phi) is 9.57. The molecule has 1 rings (SSSR count). The van der Waals surface area contributed by atoms with Crippen molar-refractivity contribution in [1.82, 2.24) is 15.0 Å². The van der Waals surface area contributed by atoms with Gasteiger partial charge in [0, 0.05) is 27.2 Å². The molecule has 0 aliphatic rings. The van der Waals surface area contributed by atoms with E-state index in [1.165, 1.54) is 51.4 Å². The number of rotatable bonds is 12. The van der Waals surface area contributed by atoms with Gasteiger partial charge in [0.1, 0.15) is 5.82 Å². The van der Waals surface area contributed by atoms with Crippen molar-refractivity contribution < 1.29 is 0 Å². The van der Waals surface area contributed by atoms with Crippen LogP contribution in [0.5, 0.6) is 0 Å². The summed E-state index contributed by atoms with van der Waals surface area (Å²) < 4.78 is 0. The Hall–Kier alpha value is -1.39. The zero-order valence-corrected chi connectivity index (χ0v) is 15.8. The first-order chi connectivity index (χ1) is 11.1. The molecule has 0 atom stereocenters. The van der Waals surface area contributed by atoms with Gasteiger partial charge in [0.25, 0.3) is 0 Å². The quantitative estimate of drug-likeness (QED) is 0.540. The summed E-state index contributed by atoms with van der Waals surface area (Å²) in [5.41, 5.74) is 0. The van der Waals surface area contributed by atoms with Gasteiger partial charge in [0.05, 0.1) is 0 Å². The van der Waals surface area contributed by atoms with E-state index in [0.717, 1.165) is 30.8 Å². The summed E-state index contributed by atoms with van der Waals surface area (Å²) in [5, 5.41) is 0. The molecule has 0 spiro atoms. The molecule has 0 fully saturated rings. The Morgan fingerprint density at radius 1 is 0.652 bits per heavy atom. The molecular weight excluding hydrogens is 286 g/mol. The van der Waals surface area contributed by atoms with E-state index in [1.807, 2.05) is 6.92 Å². The highest BCUT2D eigenvalue weighted by Crippen LogP contribution is 2.14. The number of hydrogen-bond acceptors (Lipinski definition) is 5. The molecule has 1 heterocycles. The molecular formula is C18H35N5. The molecule has 0 saturated carbocycles. The number of nitrogens with zero attached hydrogens (tertiary/aromatic N) is 5. The number of unbranched alkanes of at least 4 members (excludes halogenated alkanes) is 6. The van der Waals surface area contributed by atoms with Gasteiger partial charge in [0.2, 0.25) is 11.9 Å². The molecule has 5 nitrogen and oxygen atoms in total. The molecule has 0 unspecified atom stereocenters. The second kappa shape index (κ2) is 11.2. The summed E-state index contributed by atoms with van der Waals surface area (Å²) >= 11 is 0. The minimum Gasteiger partial charge on any atom is -0.344 e. The minimum absolute atomic E-state index is 0.796. The van der Waals surface area contributed by atoms with Crippen LogP contribution in [0.15, 0.2) is 0 Å². The third-order valence-electron chi connectivity index (χ3n) is 4.10. The molecule has 0 radical (unpaired) electrons. The van der Waals surface area contributed by atoms with Crippen molar-refractivity contribution in [2.24, 2.45) is 0 Å². The molecule has 0 aliphatic heterocycles. The van der Waals surface area contributed by atoms with E-state index < -0.39 is 0 Å². The van der Waals surface area contributed by atoms with Crippen molar-refractivity contribution >= 4 is 11.9 Å². The van der Waals surface area contributed by atoms with Crippen LogP contribution in [-0.2, 0) is 0 Å². The predicted molar refractivity (Wildman–Crippen MR) is 99.4 cm³/mol. The number of anilines is 2. The molecule has 0 aromatic carbocycles. The van der Waals surface area contributed by atoms with Crippen molar-refractivity contribution in [3.63, 3.8) is 0 Å². The number of aryl methyl sites for hydroxylation is 1. The first-order valence-corrected chi connectivity index (χ1v) is 9.23. The monoisotopic (exact) mass is 321 g/mol. The van der Waals surface area contributed by atoms with Crippen molar-refractivity contribution in [1.29, 1.82) is 0 Å². The van der Waals surface area contributed by atoms with E-state index in [-0.39, 0.29) is 0 Å². The molecule has 0 N–H and O–H groups in total. The fourth-order valence-corrected chi connectivity index (χ4v) is 2.55. The van der Waals surface area contributed by atoms with Gasteiger partial charge < -0.3 is 9.80 Å². The first-order valence-electron chi connectivity index (χ1n) is 9.23. The topological polar surface area (TPSA) is 45.2 Å². The Bertz CT molecular complexity index is 399. The molecule has 0 aliphatic carbocycles. The standard InChI is InChI=1S/C18H35N5/c1-6-8-10-12-14-22(4)17-19-16(3)20-18(21-17)23(5)15-13-11-9-7-2/h6-15H2,1-5H3. The summed E-state index contributed by atoms with van der Waals surface area (Å²) in [5.74, 6) is 2.39. The van der Waals surface area contributed by atoms with Crippen molar-refractivity contribution in [2.45, 2.75) is 72.1 Å². The average Bonchev–Trinajstić information content (AvgIpc) is 2.54. The Morgan fingerprint density at radius 3 is 1.48 bits per heavy atom. The Balaban J connectivity index is 2.59. The summed E-state index contributed by atoms with van der Waals surface area (Å²) in [7, 11) is 4.15. The maximum atomic E-state index is 4.66. The molecule has 132 valence electrons. The zero-order chi connectivity index (χ0) is 17.1. The van der Waals surface area contributed by atoms with Crippen LogP contribution in [0.2, 0.25) is 0 Å². The van der Waals surface area contributed by atoms with E-state index in [9.17, 15) is 0 Å². The van der Waals surface area contributed by atoms with Crippen LogP contribution in [-0.4, -0.2) is 42.1 Å². The summed E-state index contributed by atoms with van der Waals surface area (Å²) in [4.78, 5) is 18.0. The third-order valence-corrected chi connectivity index (χ3v) is 4.10. The van der Waals surface area contributed by atoms with Gasteiger partial charge >= 0.3 is 0 Å². The highest BCUT2D eigenvalue weighted by atomic mass is 15.3. The van der Waals surface area contributed by atoms with Crippen LogP contribution in [0.1, 0.15) is 71.0 Å². The lowest BCUT2D eigenvalue weighted by Crippen LogP contribution is -2.26. The van der Waals surface area contributed by atoms with Gasteiger partial charge in [-0.05, 0) is 19.8 Å². The van der Waals surface area contributed by atoms with E-state index in [1.54, 1.807) is 0 Å². The van der Waals surface area contributed by atoms with Gasteiger partial charge in [0.15, 0.2) is 0 Å². The lowest BCUT2D eigenvalue weighted by molar-refractivity contribution is 0.647. The molecule has 0 amide bonds. The van der Waals surface area contributed by atoms with E-state index >= 15 is 0 Å². The molecule has 1 aromatic rings. The fourth-order valence-electron chi connectivity index (χ4n) is 2.55.